The van der Waals surface area contributed by atoms with Crippen molar-refractivity contribution >= 4 is 17.1 Å². The Kier molecular flexibility index (Phi) is 3.84. The summed E-state index contributed by atoms with van der Waals surface area (Å²) in [4.78, 5) is 40.5. The molecule has 1 amide bonds. The lowest BCUT2D eigenvalue weighted by molar-refractivity contribution is -0.122. The minimum Gasteiger partial charge on any atom is -0.467 e. The smallest absolute Gasteiger partial charge is 0.332 e. The van der Waals surface area contributed by atoms with Gasteiger partial charge in [0, 0.05) is 14.1 Å². The number of amides is 1. The molecule has 0 aliphatic rings. The first-order valence-electron chi connectivity index (χ1n) is 7.33. The van der Waals surface area contributed by atoms with Crippen molar-refractivity contribution in [3.8, 4) is 0 Å². The van der Waals surface area contributed by atoms with Gasteiger partial charge in [-0.2, -0.15) is 0 Å². The fourth-order valence-corrected chi connectivity index (χ4v) is 2.57. The van der Waals surface area contributed by atoms with Crippen LogP contribution in [0.15, 0.2) is 38.7 Å². The molecule has 1 atom stereocenters. The van der Waals surface area contributed by atoms with E-state index >= 15 is 0 Å². The second-order valence-electron chi connectivity index (χ2n) is 5.56. The summed E-state index contributed by atoms with van der Waals surface area (Å²) < 4.78 is 8.94. The summed E-state index contributed by atoms with van der Waals surface area (Å²) in [5.74, 6) is 0.339. The molecule has 3 aromatic heterocycles. The SMILES string of the molecule is CC(NC(=O)Cn1cnc2c1c(=O)n(C)c(=O)n2C)c1ccco1. The quantitative estimate of drug-likeness (QED) is 0.719. The molecule has 0 spiro atoms. The minimum atomic E-state index is -0.488. The molecular formula is C15H17N5O4. The number of imidazole rings is 1. The van der Waals surface area contributed by atoms with Crippen molar-refractivity contribution in [3.63, 3.8) is 0 Å². The van der Waals surface area contributed by atoms with Gasteiger partial charge < -0.3 is 14.3 Å². The first-order chi connectivity index (χ1) is 11.4. The second kappa shape index (κ2) is 5.84. The van der Waals surface area contributed by atoms with Crippen LogP contribution in [0, 0.1) is 0 Å². The van der Waals surface area contributed by atoms with Gasteiger partial charge >= 0.3 is 5.69 Å². The van der Waals surface area contributed by atoms with Crippen molar-refractivity contribution in [2.24, 2.45) is 14.1 Å². The molecule has 3 heterocycles. The van der Waals surface area contributed by atoms with E-state index < -0.39 is 11.2 Å². The monoisotopic (exact) mass is 331 g/mol. The first-order valence-corrected chi connectivity index (χ1v) is 7.33. The number of furan rings is 1. The molecule has 0 bridgehead atoms. The average molecular weight is 331 g/mol. The molecule has 0 saturated carbocycles. The van der Waals surface area contributed by atoms with Crippen LogP contribution in [0.25, 0.3) is 11.2 Å². The molecule has 1 unspecified atom stereocenters. The largest absolute Gasteiger partial charge is 0.467 e. The fraction of sp³-hybridized carbons (Fsp3) is 0.333. The van der Waals surface area contributed by atoms with Crippen LogP contribution in [0.1, 0.15) is 18.7 Å². The van der Waals surface area contributed by atoms with Crippen LogP contribution in [0.5, 0.6) is 0 Å². The molecule has 0 aliphatic heterocycles. The number of hydrogen-bond donors (Lipinski definition) is 1. The van der Waals surface area contributed by atoms with Gasteiger partial charge in [-0.05, 0) is 19.1 Å². The molecule has 9 heteroatoms. The van der Waals surface area contributed by atoms with Gasteiger partial charge in [0.15, 0.2) is 11.2 Å². The normalized spacial score (nSPS) is 12.5. The van der Waals surface area contributed by atoms with E-state index in [4.69, 9.17) is 4.42 Å². The zero-order valence-electron chi connectivity index (χ0n) is 13.5. The Balaban J connectivity index is 1.90. The topological polar surface area (TPSA) is 104 Å². The molecule has 126 valence electrons. The fourth-order valence-electron chi connectivity index (χ4n) is 2.57. The highest BCUT2D eigenvalue weighted by molar-refractivity contribution is 5.79. The van der Waals surface area contributed by atoms with Gasteiger partial charge in [-0.1, -0.05) is 0 Å². The summed E-state index contributed by atoms with van der Waals surface area (Å²) in [7, 11) is 2.92. The maximum Gasteiger partial charge on any atom is 0.332 e. The highest BCUT2D eigenvalue weighted by atomic mass is 16.3. The minimum absolute atomic E-state index is 0.0883. The predicted molar refractivity (Wildman–Crippen MR) is 85.5 cm³/mol. The predicted octanol–water partition coefficient (Wildman–Crippen LogP) is -0.0959. The highest BCUT2D eigenvalue weighted by Crippen LogP contribution is 2.12. The zero-order valence-corrected chi connectivity index (χ0v) is 13.5. The number of hydrogen-bond acceptors (Lipinski definition) is 5. The number of carbonyl (C=O) groups is 1. The third-order valence-electron chi connectivity index (χ3n) is 3.88. The number of aromatic nitrogens is 4. The number of fused-ring (bicyclic) bond motifs is 1. The van der Waals surface area contributed by atoms with Crippen LogP contribution in [-0.4, -0.2) is 24.6 Å². The second-order valence-corrected chi connectivity index (χ2v) is 5.56. The van der Waals surface area contributed by atoms with E-state index in [1.807, 2.05) is 0 Å². The van der Waals surface area contributed by atoms with Crippen LogP contribution in [0.2, 0.25) is 0 Å². The third kappa shape index (κ3) is 2.53. The van der Waals surface area contributed by atoms with Gasteiger partial charge in [0.1, 0.15) is 12.3 Å². The lowest BCUT2D eigenvalue weighted by Crippen LogP contribution is -2.38. The summed E-state index contributed by atoms with van der Waals surface area (Å²) in [6.45, 7) is 1.71. The number of rotatable bonds is 4. The highest BCUT2D eigenvalue weighted by Gasteiger charge is 2.17. The number of nitrogens with one attached hydrogen (secondary N) is 1. The molecule has 0 saturated heterocycles. The molecule has 3 aromatic rings. The standard InChI is InChI=1S/C15H17N5O4/c1-9(10-5-4-6-24-10)17-11(21)7-20-8-16-13-12(20)14(22)19(3)15(23)18(13)2/h4-6,8-9H,7H2,1-3H3,(H,17,21). The summed E-state index contributed by atoms with van der Waals surface area (Å²) in [6.07, 6.45) is 2.91. The van der Waals surface area contributed by atoms with E-state index in [0.29, 0.717) is 5.76 Å². The molecule has 0 radical (unpaired) electrons. The summed E-state index contributed by atoms with van der Waals surface area (Å²) in [5.41, 5.74) is -0.499. The Bertz CT molecular complexity index is 1010. The number of nitrogens with zero attached hydrogens (tertiary/aromatic N) is 4. The Hall–Kier alpha value is -3.10. The van der Waals surface area contributed by atoms with Gasteiger partial charge in [0.05, 0.1) is 18.6 Å². The maximum absolute atomic E-state index is 12.3. The summed E-state index contributed by atoms with van der Waals surface area (Å²) in [5, 5.41) is 2.79. The van der Waals surface area contributed by atoms with E-state index in [9.17, 15) is 14.4 Å². The van der Waals surface area contributed by atoms with Gasteiger partial charge in [-0.15, -0.1) is 0 Å². The Labute approximate surface area is 136 Å². The first kappa shape index (κ1) is 15.8. The van der Waals surface area contributed by atoms with Crippen LogP contribution in [0.3, 0.4) is 0 Å². The van der Waals surface area contributed by atoms with E-state index in [2.05, 4.69) is 10.3 Å². The third-order valence-corrected chi connectivity index (χ3v) is 3.88. The van der Waals surface area contributed by atoms with Gasteiger partial charge in [-0.3, -0.25) is 18.7 Å². The lowest BCUT2D eigenvalue weighted by Gasteiger charge is -2.12. The lowest BCUT2D eigenvalue weighted by atomic mass is 10.2. The van der Waals surface area contributed by atoms with Gasteiger partial charge in [0.25, 0.3) is 5.56 Å². The molecule has 0 aliphatic carbocycles. The van der Waals surface area contributed by atoms with Gasteiger partial charge in [-0.25, -0.2) is 9.78 Å². The van der Waals surface area contributed by atoms with Crippen molar-refractivity contribution < 1.29 is 9.21 Å². The van der Waals surface area contributed by atoms with Crippen molar-refractivity contribution in [2.75, 3.05) is 0 Å². The number of aryl methyl sites for hydroxylation is 1. The maximum atomic E-state index is 12.3. The molecule has 0 fully saturated rings. The Morgan fingerprint density at radius 2 is 2.08 bits per heavy atom. The van der Waals surface area contributed by atoms with E-state index in [1.54, 1.807) is 19.1 Å². The van der Waals surface area contributed by atoms with E-state index in [0.717, 1.165) is 4.57 Å². The van der Waals surface area contributed by atoms with Crippen LogP contribution >= 0.6 is 0 Å². The van der Waals surface area contributed by atoms with Crippen molar-refractivity contribution in [1.82, 2.24) is 24.0 Å². The zero-order chi connectivity index (χ0) is 17.4. The number of carbonyl (C=O) groups excluding carboxylic acids is 1. The van der Waals surface area contributed by atoms with Crippen molar-refractivity contribution in [3.05, 3.63) is 51.3 Å². The van der Waals surface area contributed by atoms with Crippen LogP contribution in [0.4, 0.5) is 0 Å². The van der Waals surface area contributed by atoms with E-state index in [-0.39, 0.29) is 29.7 Å². The Morgan fingerprint density at radius 1 is 1.33 bits per heavy atom. The van der Waals surface area contributed by atoms with Gasteiger partial charge in [0.2, 0.25) is 5.91 Å². The van der Waals surface area contributed by atoms with Crippen LogP contribution < -0.4 is 16.6 Å². The van der Waals surface area contributed by atoms with Crippen LogP contribution in [-0.2, 0) is 25.4 Å². The van der Waals surface area contributed by atoms with Crippen molar-refractivity contribution in [2.45, 2.75) is 19.5 Å². The summed E-state index contributed by atoms with van der Waals surface area (Å²) >= 11 is 0. The Morgan fingerprint density at radius 3 is 2.75 bits per heavy atom. The summed E-state index contributed by atoms with van der Waals surface area (Å²) in [6, 6.07) is 3.21. The molecule has 3 rings (SSSR count). The van der Waals surface area contributed by atoms with Crippen molar-refractivity contribution in [1.29, 1.82) is 0 Å². The average Bonchev–Trinajstić information content (AvgIpc) is 3.20. The molecule has 24 heavy (non-hydrogen) atoms. The molecule has 1 N–H and O–H groups in total. The van der Waals surface area contributed by atoms with E-state index in [1.165, 1.54) is 35.8 Å². The molecule has 0 aromatic carbocycles. The molecule has 9 nitrogen and oxygen atoms in total. The molecular weight excluding hydrogens is 314 g/mol.